The van der Waals surface area contributed by atoms with E-state index in [1.165, 1.54) is 37.3 Å². The van der Waals surface area contributed by atoms with Gasteiger partial charge in [0.1, 0.15) is 0 Å². The summed E-state index contributed by atoms with van der Waals surface area (Å²) in [6, 6.07) is 10.7. The summed E-state index contributed by atoms with van der Waals surface area (Å²) in [5.41, 5.74) is 0.731. The van der Waals surface area contributed by atoms with Gasteiger partial charge in [0.25, 0.3) is 11.6 Å². The third kappa shape index (κ3) is 4.71. The summed E-state index contributed by atoms with van der Waals surface area (Å²) in [4.78, 5) is 34.8. The van der Waals surface area contributed by atoms with Crippen LogP contribution in [0.5, 0.6) is 11.5 Å². The number of benzene rings is 2. The van der Waals surface area contributed by atoms with Crippen molar-refractivity contribution in [2.24, 2.45) is 0 Å². The third-order valence-corrected chi connectivity index (χ3v) is 4.06. The molecule has 10 heteroatoms. The number of esters is 1. The van der Waals surface area contributed by atoms with Crippen molar-refractivity contribution >= 4 is 29.3 Å². The van der Waals surface area contributed by atoms with E-state index >= 15 is 0 Å². The zero-order valence-electron chi connectivity index (χ0n) is 15.7. The summed E-state index contributed by atoms with van der Waals surface area (Å²) in [5, 5.41) is 22.6. The molecule has 0 aliphatic carbocycles. The number of nitro benzene ring substituents is 1. The smallest absolute Gasteiger partial charge is 0.331 e. The minimum atomic E-state index is -1.12. The first-order valence-corrected chi connectivity index (χ1v) is 8.65. The van der Waals surface area contributed by atoms with E-state index in [1.54, 1.807) is 12.1 Å². The van der Waals surface area contributed by atoms with Crippen molar-refractivity contribution in [3.05, 3.63) is 63.7 Å². The molecule has 0 aromatic heterocycles. The van der Waals surface area contributed by atoms with Gasteiger partial charge in [-0.1, -0.05) is 0 Å². The first-order chi connectivity index (χ1) is 14.4. The summed E-state index contributed by atoms with van der Waals surface area (Å²) >= 11 is 0. The van der Waals surface area contributed by atoms with Gasteiger partial charge in [-0.3, -0.25) is 14.9 Å². The molecule has 2 aromatic rings. The van der Waals surface area contributed by atoms with E-state index in [-0.39, 0.29) is 23.8 Å². The van der Waals surface area contributed by atoms with Crippen LogP contribution in [0.25, 0.3) is 6.08 Å². The van der Waals surface area contributed by atoms with Crippen molar-refractivity contribution in [3.8, 4) is 17.6 Å². The zero-order valence-corrected chi connectivity index (χ0v) is 15.7. The number of anilines is 1. The maximum absolute atomic E-state index is 12.2. The molecule has 0 saturated heterocycles. The number of carbonyl (C=O) groups is 2. The molecule has 3 rings (SSSR count). The van der Waals surface area contributed by atoms with Gasteiger partial charge in [-0.05, 0) is 43.3 Å². The number of nitriles is 1. The minimum absolute atomic E-state index is 0.0481. The van der Waals surface area contributed by atoms with Crippen LogP contribution in [0.1, 0.15) is 18.1 Å². The fourth-order valence-corrected chi connectivity index (χ4v) is 2.54. The molecule has 1 atom stereocenters. The number of hydrogen-bond donors (Lipinski definition) is 1. The Morgan fingerprint density at radius 2 is 1.93 bits per heavy atom. The summed E-state index contributed by atoms with van der Waals surface area (Å²) in [6.45, 7) is 1.33. The summed E-state index contributed by atoms with van der Waals surface area (Å²) in [7, 11) is 0. The van der Waals surface area contributed by atoms with Gasteiger partial charge in [-0.15, -0.1) is 0 Å². The molecule has 0 spiro atoms. The Bertz CT molecular complexity index is 1070. The highest BCUT2D eigenvalue weighted by Gasteiger charge is 2.22. The number of carbonyl (C=O) groups excluding carboxylic acids is 2. The molecule has 0 unspecified atom stereocenters. The summed E-state index contributed by atoms with van der Waals surface area (Å²) in [6.07, 6.45) is 1.06. The highest BCUT2D eigenvalue weighted by Crippen LogP contribution is 2.38. The van der Waals surface area contributed by atoms with Crippen LogP contribution >= 0.6 is 0 Å². The number of nitrogens with one attached hydrogen (secondary N) is 1. The lowest BCUT2D eigenvalue weighted by Gasteiger charge is -2.12. The van der Waals surface area contributed by atoms with Crippen LogP contribution in [0.15, 0.2) is 42.5 Å². The fraction of sp³-hybridized carbons (Fsp3) is 0.150. The molecule has 152 valence electrons. The van der Waals surface area contributed by atoms with Gasteiger partial charge in [0.15, 0.2) is 17.6 Å². The van der Waals surface area contributed by atoms with Crippen molar-refractivity contribution < 1.29 is 28.7 Å². The number of nitro groups is 1. The molecule has 1 aliphatic rings. The predicted octanol–water partition coefficient (Wildman–Crippen LogP) is 2.78. The summed E-state index contributed by atoms with van der Waals surface area (Å²) < 4.78 is 15.3. The quantitative estimate of drug-likeness (QED) is 0.332. The molecule has 0 bridgehead atoms. The molecule has 30 heavy (non-hydrogen) atoms. The number of amides is 1. The van der Waals surface area contributed by atoms with E-state index in [9.17, 15) is 19.7 Å². The predicted molar refractivity (Wildman–Crippen MR) is 104 cm³/mol. The normalized spacial score (nSPS) is 12.8. The zero-order chi connectivity index (χ0) is 21.7. The SMILES string of the molecule is C[C@@H](OC(=O)/C=C/c1cc2c(cc1[N+](=O)[O-])OCO2)C(=O)Nc1ccc(C#N)cc1. The van der Waals surface area contributed by atoms with E-state index in [4.69, 9.17) is 19.5 Å². The van der Waals surface area contributed by atoms with Crippen LogP contribution in [-0.2, 0) is 14.3 Å². The Kier molecular flexibility index (Phi) is 5.93. The number of rotatable bonds is 6. The highest BCUT2D eigenvalue weighted by molar-refractivity contribution is 5.96. The van der Waals surface area contributed by atoms with Crippen molar-refractivity contribution in [2.75, 3.05) is 12.1 Å². The topological polar surface area (TPSA) is 141 Å². The Morgan fingerprint density at radius 3 is 2.57 bits per heavy atom. The van der Waals surface area contributed by atoms with E-state index in [2.05, 4.69) is 5.32 Å². The second kappa shape index (κ2) is 8.74. The summed E-state index contributed by atoms with van der Waals surface area (Å²) in [5.74, 6) is -0.863. The number of fused-ring (bicyclic) bond motifs is 1. The maximum Gasteiger partial charge on any atom is 0.331 e. The molecule has 1 N–H and O–H groups in total. The second-order valence-electron chi connectivity index (χ2n) is 6.11. The van der Waals surface area contributed by atoms with Gasteiger partial charge in [0.05, 0.1) is 28.2 Å². The monoisotopic (exact) mass is 409 g/mol. The van der Waals surface area contributed by atoms with E-state index in [0.29, 0.717) is 17.0 Å². The average Bonchev–Trinajstić information content (AvgIpc) is 3.19. The Hall–Kier alpha value is -4.39. The molecule has 0 saturated carbocycles. The first kappa shape index (κ1) is 20.3. The molecule has 1 aliphatic heterocycles. The van der Waals surface area contributed by atoms with Gasteiger partial charge >= 0.3 is 5.97 Å². The maximum atomic E-state index is 12.2. The molecule has 2 aromatic carbocycles. The molecule has 1 amide bonds. The lowest BCUT2D eigenvalue weighted by atomic mass is 10.1. The minimum Gasteiger partial charge on any atom is -0.454 e. The molecule has 0 radical (unpaired) electrons. The molecule has 1 heterocycles. The fourth-order valence-electron chi connectivity index (χ4n) is 2.54. The van der Waals surface area contributed by atoms with Crippen LogP contribution in [-0.4, -0.2) is 29.7 Å². The van der Waals surface area contributed by atoms with Crippen LogP contribution in [0, 0.1) is 21.4 Å². The lowest BCUT2D eigenvalue weighted by Crippen LogP contribution is -2.29. The van der Waals surface area contributed by atoms with Gasteiger partial charge < -0.3 is 19.5 Å². The largest absolute Gasteiger partial charge is 0.454 e. The van der Waals surface area contributed by atoms with Gasteiger partial charge in [-0.2, -0.15) is 5.26 Å². The van der Waals surface area contributed by atoms with Crippen LogP contribution in [0.4, 0.5) is 11.4 Å². The number of hydrogen-bond acceptors (Lipinski definition) is 8. The molecular weight excluding hydrogens is 394 g/mol. The highest BCUT2D eigenvalue weighted by atomic mass is 16.7. The van der Waals surface area contributed by atoms with Gasteiger partial charge in [0, 0.05) is 11.8 Å². The van der Waals surface area contributed by atoms with Crippen molar-refractivity contribution in [1.29, 1.82) is 5.26 Å². The van der Waals surface area contributed by atoms with Crippen LogP contribution < -0.4 is 14.8 Å². The molecule has 0 fully saturated rings. The lowest BCUT2D eigenvalue weighted by molar-refractivity contribution is -0.385. The van der Waals surface area contributed by atoms with Gasteiger partial charge in [0.2, 0.25) is 6.79 Å². The first-order valence-electron chi connectivity index (χ1n) is 8.65. The number of ether oxygens (including phenoxy) is 3. The molecule has 10 nitrogen and oxygen atoms in total. The van der Waals surface area contributed by atoms with Crippen LogP contribution in [0.3, 0.4) is 0 Å². The Balaban J connectivity index is 1.63. The molecular formula is C20H15N3O7. The van der Waals surface area contributed by atoms with Crippen molar-refractivity contribution in [1.82, 2.24) is 0 Å². The van der Waals surface area contributed by atoms with E-state index < -0.39 is 22.9 Å². The Morgan fingerprint density at radius 1 is 1.27 bits per heavy atom. The van der Waals surface area contributed by atoms with Gasteiger partial charge in [-0.25, -0.2) is 4.79 Å². The van der Waals surface area contributed by atoms with E-state index in [1.807, 2.05) is 6.07 Å². The third-order valence-electron chi connectivity index (χ3n) is 4.06. The number of nitrogens with zero attached hydrogens (tertiary/aromatic N) is 2. The second-order valence-corrected chi connectivity index (χ2v) is 6.11. The van der Waals surface area contributed by atoms with Crippen LogP contribution in [0.2, 0.25) is 0 Å². The average molecular weight is 409 g/mol. The Labute approximate surface area is 170 Å². The van der Waals surface area contributed by atoms with Crippen molar-refractivity contribution in [3.63, 3.8) is 0 Å². The van der Waals surface area contributed by atoms with Crippen molar-refractivity contribution in [2.45, 2.75) is 13.0 Å². The van der Waals surface area contributed by atoms with E-state index in [0.717, 1.165) is 6.08 Å². The standard InChI is InChI=1S/C20H15N3O7/c1-12(20(25)22-15-5-2-13(10-21)3-6-15)30-19(24)7-4-14-8-17-18(29-11-28-17)9-16(14)23(26)27/h2-9,12H,11H2,1H3,(H,22,25)/b7-4+/t12-/m1/s1.